The SMILES string of the molecule is CC1(Oc2ccc(-c3ccc(Cl)cc3)cc2)C(=O)NC(=O)NC1=O. The highest BCUT2D eigenvalue weighted by atomic mass is 35.5. The number of rotatable bonds is 3. The maximum Gasteiger partial charge on any atom is 0.328 e. The van der Waals surface area contributed by atoms with Gasteiger partial charge >= 0.3 is 6.03 Å². The number of nitrogens with one attached hydrogen (secondary N) is 2. The normalized spacial score (nSPS) is 16.3. The molecule has 0 aliphatic carbocycles. The summed E-state index contributed by atoms with van der Waals surface area (Å²) >= 11 is 5.87. The number of ether oxygens (including phenoxy) is 1. The highest BCUT2D eigenvalue weighted by molar-refractivity contribution is 6.30. The molecule has 0 aromatic heterocycles. The molecule has 1 aliphatic heterocycles. The lowest BCUT2D eigenvalue weighted by molar-refractivity contribution is -0.149. The Morgan fingerprint density at radius 1 is 0.833 bits per heavy atom. The Hall–Kier alpha value is -2.86. The highest BCUT2D eigenvalue weighted by Gasteiger charge is 2.48. The molecular formula is C17H13ClN2O4. The van der Waals surface area contributed by atoms with Gasteiger partial charge in [-0.25, -0.2) is 4.79 Å². The summed E-state index contributed by atoms with van der Waals surface area (Å²) in [6.07, 6.45) is 0. The molecule has 1 fully saturated rings. The van der Waals surface area contributed by atoms with Crippen molar-refractivity contribution in [2.24, 2.45) is 0 Å². The van der Waals surface area contributed by atoms with Crippen LogP contribution in [0.2, 0.25) is 5.02 Å². The quantitative estimate of drug-likeness (QED) is 0.838. The lowest BCUT2D eigenvalue weighted by atomic mass is 10.0. The Balaban J connectivity index is 1.81. The average Bonchev–Trinajstić information content (AvgIpc) is 2.55. The van der Waals surface area contributed by atoms with Gasteiger partial charge in [0.25, 0.3) is 17.4 Å². The molecule has 2 aromatic rings. The summed E-state index contributed by atoms with van der Waals surface area (Å²) in [4.78, 5) is 35.0. The van der Waals surface area contributed by atoms with Crippen LogP contribution in [0.4, 0.5) is 4.79 Å². The van der Waals surface area contributed by atoms with E-state index in [9.17, 15) is 14.4 Å². The minimum absolute atomic E-state index is 0.329. The number of halogens is 1. The lowest BCUT2D eigenvalue weighted by Crippen LogP contribution is -2.67. The third-order valence-corrected chi connectivity index (χ3v) is 3.93. The molecule has 1 heterocycles. The van der Waals surface area contributed by atoms with Gasteiger partial charge in [0, 0.05) is 5.02 Å². The second kappa shape index (κ2) is 5.98. The van der Waals surface area contributed by atoms with Crippen LogP contribution in [0.5, 0.6) is 5.75 Å². The van der Waals surface area contributed by atoms with Crippen molar-refractivity contribution in [2.45, 2.75) is 12.5 Å². The fourth-order valence-electron chi connectivity index (χ4n) is 2.27. The van der Waals surface area contributed by atoms with Crippen molar-refractivity contribution in [1.82, 2.24) is 10.6 Å². The summed E-state index contributed by atoms with van der Waals surface area (Å²) in [5, 5.41) is 4.68. The summed E-state index contributed by atoms with van der Waals surface area (Å²) in [6.45, 7) is 1.30. The van der Waals surface area contributed by atoms with Gasteiger partial charge in [-0.15, -0.1) is 0 Å². The number of benzene rings is 2. The Labute approximate surface area is 142 Å². The smallest absolute Gasteiger partial charge is 0.328 e. The predicted molar refractivity (Wildman–Crippen MR) is 87.6 cm³/mol. The summed E-state index contributed by atoms with van der Waals surface area (Å²) in [5.74, 6) is -1.29. The zero-order valence-electron chi connectivity index (χ0n) is 12.6. The molecule has 6 nitrogen and oxygen atoms in total. The number of imide groups is 2. The number of carbonyl (C=O) groups excluding carboxylic acids is 3. The van der Waals surface area contributed by atoms with Gasteiger partial charge in [-0.3, -0.25) is 20.2 Å². The van der Waals surface area contributed by atoms with E-state index in [1.54, 1.807) is 36.4 Å². The van der Waals surface area contributed by atoms with E-state index in [0.717, 1.165) is 11.1 Å². The number of urea groups is 1. The van der Waals surface area contributed by atoms with Crippen molar-refractivity contribution in [1.29, 1.82) is 0 Å². The first kappa shape index (κ1) is 16.0. The van der Waals surface area contributed by atoms with Crippen molar-refractivity contribution >= 4 is 29.4 Å². The number of carbonyl (C=O) groups is 3. The van der Waals surface area contributed by atoms with E-state index in [1.807, 2.05) is 22.8 Å². The lowest BCUT2D eigenvalue weighted by Gasteiger charge is -2.30. The van der Waals surface area contributed by atoms with Gasteiger partial charge in [-0.2, -0.15) is 0 Å². The summed E-state index contributed by atoms with van der Waals surface area (Å²) in [7, 11) is 0. The van der Waals surface area contributed by atoms with Gasteiger partial charge in [0.15, 0.2) is 0 Å². The molecule has 2 N–H and O–H groups in total. The average molecular weight is 345 g/mol. The Kier molecular flexibility index (Phi) is 3.99. The third-order valence-electron chi connectivity index (χ3n) is 3.67. The second-order valence-corrected chi connectivity index (χ2v) is 5.84. The minimum Gasteiger partial charge on any atom is -0.468 e. The van der Waals surface area contributed by atoms with E-state index in [4.69, 9.17) is 16.3 Å². The van der Waals surface area contributed by atoms with Crippen LogP contribution in [0.25, 0.3) is 11.1 Å². The molecule has 3 rings (SSSR count). The van der Waals surface area contributed by atoms with Crippen molar-refractivity contribution < 1.29 is 19.1 Å². The van der Waals surface area contributed by atoms with Gasteiger partial charge in [0.05, 0.1) is 0 Å². The van der Waals surface area contributed by atoms with Crippen molar-refractivity contribution in [2.75, 3.05) is 0 Å². The first-order chi connectivity index (χ1) is 11.4. The van der Waals surface area contributed by atoms with Crippen molar-refractivity contribution in [3.8, 4) is 16.9 Å². The molecule has 0 atom stereocenters. The van der Waals surface area contributed by atoms with Crippen LogP contribution in [0.15, 0.2) is 48.5 Å². The van der Waals surface area contributed by atoms with Crippen LogP contribution >= 0.6 is 11.6 Å². The van der Waals surface area contributed by atoms with Gasteiger partial charge in [-0.05, 0) is 42.3 Å². The van der Waals surface area contributed by atoms with Crippen LogP contribution in [-0.4, -0.2) is 23.4 Å². The molecule has 1 aliphatic rings. The third kappa shape index (κ3) is 2.96. The van der Waals surface area contributed by atoms with Gasteiger partial charge < -0.3 is 4.74 Å². The molecule has 0 radical (unpaired) electrons. The van der Waals surface area contributed by atoms with E-state index >= 15 is 0 Å². The monoisotopic (exact) mass is 344 g/mol. The Bertz CT molecular complexity index is 795. The van der Waals surface area contributed by atoms with Crippen molar-refractivity contribution in [3.05, 3.63) is 53.6 Å². The Morgan fingerprint density at radius 3 is 1.79 bits per heavy atom. The Morgan fingerprint density at radius 2 is 1.29 bits per heavy atom. The van der Waals surface area contributed by atoms with Crippen LogP contribution in [0.3, 0.4) is 0 Å². The first-order valence-electron chi connectivity index (χ1n) is 7.10. The van der Waals surface area contributed by atoms with Crippen LogP contribution < -0.4 is 15.4 Å². The summed E-state index contributed by atoms with van der Waals surface area (Å²) in [6, 6.07) is 13.4. The molecule has 0 unspecified atom stereocenters. The number of hydrogen-bond donors (Lipinski definition) is 2. The molecule has 24 heavy (non-hydrogen) atoms. The highest BCUT2D eigenvalue weighted by Crippen LogP contribution is 2.26. The zero-order valence-corrected chi connectivity index (χ0v) is 13.4. The summed E-state index contributed by atoms with van der Waals surface area (Å²) < 4.78 is 5.53. The molecule has 0 bridgehead atoms. The molecule has 4 amide bonds. The maximum atomic E-state index is 11.9. The predicted octanol–water partition coefficient (Wildman–Crippen LogP) is 2.51. The van der Waals surface area contributed by atoms with E-state index in [2.05, 4.69) is 0 Å². The molecule has 122 valence electrons. The zero-order chi connectivity index (χ0) is 17.3. The van der Waals surface area contributed by atoms with Gasteiger partial charge in [-0.1, -0.05) is 35.9 Å². The molecule has 2 aromatic carbocycles. The first-order valence-corrected chi connectivity index (χ1v) is 7.48. The topological polar surface area (TPSA) is 84.5 Å². The van der Waals surface area contributed by atoms with E-state index in [0.29, 0.717) is 10.8 Å². The van der Waals surface area contributed by atoms with Crippen LogP contribution in [0.1, 0.15) is 6.92 Å². The second-order valence-electron chi connectivity index (χ2n) is 5.40. The fourth-order valence-corrected chi connectivity index (χ4v) is 2.39. The van der Waals surface area contributed by atoms with Gasteiger partial charge in [0.1, 0.15) is 5.75 Å². The number of barbiturate groups is 1. The number of amides is 4. The van der Waals surface area contributed by atoms with Crippen molar-refractivity contribution in [3.63, 3.8) is 0 Å². The van der Waals surface area contributed by atoms with Crippen LogP contribution in [-0.2, 0) is 9.59 Å². The largest absolute Gasteiger partial charge is 0.468 e. The molecular weight excluding hydrogens is 332 g/mol. The maximum absolute atomic E-state index is 11.9. The fraction of sp³-hybridized carbons (Fsp3) is 0.118. The van der Waals surface area contributed by atoms with E-state index in [1.165, 1.54) is 6.92 Å². The van der Waals surface area contributed by atoms with Gasteiger partial charge in [0.2, 0.25) is 0 Å². The number of hydrogen-bond acceptors (Lipinski definition) is 4. The van der Waals surface area contributed by atoms with E-state index < -0.39 is 23.4 Å². The standard InChI is InChI=1S/C17H13ClN2O4/c1-17(14(21)19-16(23)20-15(17)22)24-13-8-4-11(5-9-13)10-2-6-12(18)7-3-10/h2-9H,1H3,(H2,19,20,21,22,23). The molecule has 7 heteroatoms. The molecule has 0 spiro atoms. The summed E-state index contributed by atoms with van der Waals surface area (Å²) in [5.41, 5.74) is 0.0863. The molecule has 0 saturated carbocycles. The van der Waals surface area contributed by atoms with E-state index in [-0.39, 0.29) is 0 Å². The molecule has 1 saturated heterocycles. The minimum atomic E-state index is -1.81. The van der Waals surface area contributed by atoms with Crippen LogP contribution in [0, 0.1) is 0 Å².